The van der Waals surface area contributed by atoms with Crippen LogP contribution in [0.15, 0.2) is 30.9 Å². The van der Waals surface area contributed by atoms with Crippen molar-refractivity contribution in [2.75, 3.05) is 0 Å². The van der Waals surface area contributed by atoms with Crippen molar-refractivity contribution in [1.29, 1.82) is 5.26 Å². The summed E-state index contributed by atoms with van der Waals surface area (Å²) in [5.74, 6) is 0. The molecule has 0 aliphatic rings. The topological polar surface area (TPSA) is 54.5 Å². The number of nitrogens with zero attached hydrogens (tertiary/aromatic N) is 4. The van der Waals surface area contributed by atoms with Gasteiger partial charge in [-0.25, -0.2) is 0 Å². The largest absolute Gasteiger partial charge is 0.271 e. The molecule has 0 N–H and O–H groups in total. The lowest BCUT2D eigenvalue weighted by molar-refractivity contribution is 0.628. The molecule has 0 saturated heterocycles. The van der Waals surface area contributed by atoms with Crippen LogP contribution in [0.3, 0.4) is 0 Å². The van der Waals surface area contributed by atoms with Gasteiger partial charge in [0, 0.05) is 24.2 Å². The Balaban J connectivity index is 2.26. The first-order chi connectivity index (χ1) is 7.81. The van der Waals surface area contributed by atoms with Crippen molar-refractivity contribution < 1.29 is 0 Å². The Morgan fingerprint density at radius 2 is 2.31 bits per heavy atom. The lowest BCUT2D eigenvalue weighted by Gasteiger charge is -2.00. The van der Waals surface area contributed by atoms with Crippen molar-refractivity contribution in [2.24, 2.45) is 0 Å². The van der Waals surface area contributed by atoms with E-state index >= 15 is 0 Å². The molecule has 2 heterocycles. The highest BCUT2D eigenvalue weighted by Crippen LogP contribution is 2.21. The molecule has 0 fully saturated rings. The van der Waals surface area contributed by atoms with Crippen LogP contribution in [0.25, 0.3) is 11.1 Å². The van der Waals surface area contributed by atoms with E-state index in [1.165, 1.54) is 0 Å². The van der Waals surface area contributed by atoms with Crippen LogP contribution in [0.1, 0.15) is 12.0 Å². The van der Waals surface area contributed by atoms with E-state index < -0.39 is 0 Å². The first-order valence-corrected chi connectivity index (χ1v) is 5.11. The Morgan fingerprint density at radius 1 is 1.44 bits per heavy atom. The average molecular weight is 212 g/mol. The van der Waals surface area contributed by atoms with Gasteiger partial charge in [-0.1, -0.05) is 0 Å². The number of pyridine rings is 1. The molecule has 2 aromatic heterocycles. The highest BCUT2D eigenvalue weighted by Gasteiger charge is 2.04. The molecule has 0 amide bonds. The van der Waals surface area contributed by atoms with Gasteiger partial charge in [-0.3, -0.25) is 9.67 Å². The zero-order valence-corrected chi connectivity index (χ0v) is 9.09. The van der Waals surface area contributed by atoms with E-state index in [4.69, 9.17) is 5.26 Å². The van der Waals surface area contributed by atoms with Gasteiger partial charge in [0.2, 0.25) is 0 Å². The molecular formula is C12H12N4. The lowest BCUT2D eigenvalue weighted by atomic mass is 10.1. The second-order valence-electron chi connectivity index (χ2n) is 3.59. The third-order valence-electron chi connectivity index (χ3n) is 2.42. The van der Waals surface area contributed by atoms with Crippen LogP contribution in [-0.2, 0) is 6.54 Å². The second kappa shape index (κ2) is 4.58. The number of aromatic nitrogens is 3. The predicted molar refractivity (Wildman–Crippen MR) is 60.4 cm³/mol. The Labute approximate surface area is 94.2 Å². The summed E-state index contributed by atoms with van der Waals surface area (Å²) in [6.45, 7) is 2.66. The fraction of sp³-hybridized carbons (Fsp3) is 0.250. The van der Waals surface area contributed by atoms with Crippen molar-refractivity contribution in [1.82, 2.24) is 14.8 Å². The van der Waals surface area contributed by atoms with E-state index in [2.05, 4.69) is 16.2 Å². The summed E-state index contributed by atoms with van der Waals surface area (Å²) in [5, 5.41) is 12.7. The van der Waals surface area contributed by atoms with Gasteiger partial charge in [0.05, 0.1) is 25.2 Å². The standard InChI is InChI=1S/C12H12N4/c1-10-7-14-5-3-12(10)11-8-15-16(9-11)6-2-4-13/h3,5,7-9H,2,6H2,1H3. The number of nitriles is 1. The molecule has 0 radical (unpaired) electrons. The van der Waals surface area contributed by atoms with Crippen LogP contribution in [0.5, 0.6) is 0 Å². The number of hydrogen-bond acceptors (Lipinski definition) is 3. The van der Waals surface area contributed by atoms with Gasteiger partial charge in [-0.05, 0) is 24.1 Å². The second-order valence-corrected chi connectivity index (χ2v) is 3.59. The maximum atomic E-state index is 8.50. The van der Waals surface area contributed by atoms with Gasteiger partial charge >= 0.3 is 0 Å². The molecule has 0 spiro atoms. The van der Waals surface area contributed by atoms with Crippen molar-refractivity contribution in [3.05, 3.63) is 36.4 Å². The Kier molecular flexibility index (Phi) is 2.97. The molecule has 0 aliphatic carbocycles. The van der Waals surface area contributed by atoms with E-state index in [0.717, 1.165) is 16.7 Å². The summed E-state index contributed by atoms with van der Waals surface area (Å²) in [7, 11) is 0. The minimum absolute atomic E-state index is 0.483. The van der Waals surface area contributed by atoms with Gasteiger partial charge in [-0.2, -0.15) is 10.4 Å². The molecular weight excluding hydrogens is 200 g/mol. The molecule has 0 bridgehead atoms. The molecule has 0 atom stereocenters. The normalized spacial score (nSPS) is 10.0. The number of hydrogen-bond donors (Lipinski definition) is 0. The van der Waals surface area contributed by atoms with Gasteiger partial charge in [0.15, 0.2) is 0 Å². The van der Waals surface area contributed by atoms with E-state index in [1.54, 1.807) is 10.9 Å². The van der Waals surface area contributed by atoms with Gasteiger partial charge in [0.1, 0.15) is 0 Å². The van der Waals surface area contributed by atoms with Crippen molar-refractivity contribution in [3.63, 3.8) is 0 Å². The molecule has 2 aromatic rings. The summed E-state index contributed by atoms with van der Waals surface area (Å²) in [4.78, 5) is 4.06. The minimum Gasteiger partial charge on any atom is -0.271 e. The van der Waals surface area contributed by atoms with Crippen molar-refractivity contribution >= 4 is 0 Å². The first-order valence-electron chi connectivity index (χ1n) is 5.11. The summed E-state index contributed by atoms with van der Waals surface area (Å²) in [6, 6.07) is 4.08. The predicted octanol–water partition coefficient (Wildman–Crippen LogP) is 2.17. The molecule has 80 valence electrons. The van der Waals surface area contributed by atoms with Crippen LogP contribution in [0, 0.1) is 18.3 Å². The van der Waals surface area contributed by atoms with Crippen molar-refractivity contribution in [2.45, 2.75) is 19.9 Å². The van der Waals surface area contributed by atoms with E-state index in [0.29, 0.717) is 13.0 Å². The number of rotatable bonds is 3. The van der Waals surface area contributed by atoms with Crippen LogP contribution in [-0.4, -0.2) is 14.8 Å². The highest BCUT2D eigenvalue weighted by molar-refractivity contribution is 5.64. The SMILES string of the molecule is Cc1cnccc1-c1cnn(CCC#N)c1. The maximum Gasteiger partial charge on any atom is 0.0641 e. The molecule has 4 nitrogen and oxygen atoms in total. The molecule has 0 aromatic carbocycles. The van der Waals surface area contributed by atoms with Crippen molar-refractivity contribution in [3.8, 4) is 17.2 Å². The summed E-state index contributed by atoms with van der Waals surface area (Å²) in [6.07, 6.45) is 7.87. The van der Waals surface area contributed by atoms with Crippen LogP contribution >= 0.6 is 0 Å². The first kappa shape index (κ1) is 10.4. The monoisotopic (exact) mass is 212 g/mol. The summed E-state index contributed by atoms with van der Waals surface area (Å²) in [5.41, 5.74) is 3.33. The Bertz CT molecular complexity index is 522. The number of aryl methyl sites for hydroxylation is 2. The third kappa shape index (κ3) is 2.09. The smallest absolute Gasteiger partial charge is 0.0641 e. The molecule has 0 aliphatic heterocycles. The zero-order chi connectivity index (χ0) is 11.4. The van der Waals surface area contributed by atoms with E-state index in [9.17, 15) is 0 Å². The summed E-state index contributed by atoms with van der Waals surface area (Å²) < 4.78 is 1.79. The van der Waals surface area contributed by atoms with Crippen LogP contribution in [0.2, 0.25) is 0 Å². The Hall–Kier alpha value is -2.15. The molecule has 2 rings (SSSR count). The third-order valence-corrected chi connectivity index (χ3v) is 2.42. The highest BCUT2D eigenvalue weighted by atomic mass is 15.3. The fourth-order valence-electron chi connectivity index (χ4n) is 1.59. The van der Waals surface area contributed by atoms with E-state index in [1.807, 2.05) is 31.6 Å². The fourth-order valence-corrected chi connectivity index (χ4v) is 1.59. The molecule has 16 heavy (non-hydrogen) atoms. The van der Waals surface area contributed by atoms with Gasteiger partial charge < -0.3 is 0 Å². The minimum atomic E-state index is 0.483. The summed E-state index contributed by atoms with van der Waals surface area (Å²) >= 11 is 0. The Morgan fingerprint density at radius 3 is 3.06 bits per heavy atom. The van der Waals surface area contributed by atoms with Crippen LogP contribution < -0.4 is 0 Å². The van der Waals surface area contributed by atoms with Gasteiger partial charge in [-0.15, -0.1) is 0 Å². The quantitative estimate of drug-likeness (QED) is 0.783. The van der Waals surface area contributed by atoms with Gasteiger partial charge in [0.25, 0.3) is 0 Å². The molecule has 0 saturated carbocycles. The molecule has 4 heteroatoms. The zero-order valence-electron chi connectivity index (χ0n) is 9.09. The van der Waals surface area contributed by atoms with Crippen LogP contribution in [0.4, 0.5) is 0 Å². The lowest BCUT2D eigenvalue weighted by Crippen LogP contribution is -1.96. The molecule has 0 unspecified atom stereocenters. The average Bonchev–Trinajstić information content (AvgIpc) is 2.75. The maximum absolute atomic E-state index is 8.50. The van der Waals surface area contributed by atoms with E-state index in [-0.39, 0.29) is 0 Å².